The lowest BCUT2D eigenvalue weighted by Crippen LogP contribution is -2.26. The highest BCUT2D eigenvalue weighted by atomic mass is 35.5. The van der Waals surface area contributed by atoms with Gasteiger partial charge in [0.1, 0.15) is 21.2 Å². The van der Waals surface area contributed by atoms with Gasteiger partial charge in [0.2, 0.25) is 0 Å². The molecule has 0 bridgehead atoms. The molecule has 0 spiro atoms. The molecular weight excluding hydrogens is 298 g/mol. The van der Waals surface area contributed by atoms with Crippen molar-refractivity contribution in [3.8, 4) is 0 Å². The van der Waals surface area contributed by atoms with Crippen molar-refractivity contribution in [2.45, 2.75) is 25.3 Å². The first-order chi connectivity index (χ1) is 9.61. The number of aryl methyl sites for hydroxylation is 1. The highest BCUT2D eigenvalue weighted by molar-refractivity contribution is 7.91. The summed E-state index contributed by atoms with van der Waals surface area (Å²) >= 11 is 5.85. The molecule has 0 atom stereocenters. The Labute approximate surface area is 122 Å². The van der Waals surface area contributed by atoms with Gasteiger partial charge in [-0.05, 0) is 25.0 Å². The molecule has 7 heteroatoms. The third-order valence-corrected chi connectivity index (χ3v) is 5.63. The number of hydrogen-bond donors (Lipinski definition) is 0. The van der Waals surface area contributed by atoms with Crippen LogP contribution in [-0.4, -0.2) is 40.3 Å². The standard InChI is InChI=1S/C13H16ClN3O2S/c14-6-3-12-16-11-2-1-7-15-13(11)17(12)10-4-8-20(18,19)9-5-10/h1-2,7,10H,3-6,8-9H2. The number of hydrogen-bond acceptors (Lipinski definition) is 4. The SMILES string of the molecule is O=S1(=O)CCC(n2c(CCCl)nc3cccnc32)CC1. The summed E-state index contributed by atoms with van der Waals surface area (Å²) in [5.74, 6) is 1.88. The van der Waals surface area contributed by atoms with Crippen molar-refractivity contribution in [2.24, 2.45) is 0 Å². The first kappa shape index (κ1) is 13.8. The van der Waals surface area contributed by atoms with Crippen LogP contribution >= 0.6 is 11.6 Å². The Morgan fingerprint density at radius 2 is 2.10 bits per heavy atom. The lowest BCUT2D eigenvalue weighted by Gasteiger charge is -2.25. The van der Waals surface area contributed by atoms with E-state index in [0.717, 1.165) is 17.0 Å². The maximum absolute atomic E-state index is 11.6. The summed E-state index contributed by atoms with van der Waals surface area (Å²) in [6.45, 7) is 0. The van der Waals surface area contributed by atoms with E-state index < -0.39 is 9.84 Å². The molecule has 3 rings (SSSR count). The average Bonchev–Trinajstić information content (AvgIpc) is 2.78. The molecule has 2 aromatic heterocycles. The molecule has 20 heavy (non-hydrogen) atoms. The van der Waals surface area contributed by atoms with Crippen LogP contribution in [0.4, 0.5) is 0 Å². The molecule has 0 saturated carbocycles. The Kier molecular flexibility index (Phi) is 3.69. The van der Waals surface area contributed by atoms with Crippen LogP contribution in [0.2, 0.25) is 0 Å². The molecule has 0 aromatic carbocycles. The maximum Gasteiger partial charge on any atom is 0.160 e. The largest absolute Gasteiger partial charge is 0.309 e. The first-order valence-electron chi connectivity index (χ1n) is 6.69. The predicted octanol–water partition coefficient (Wildman–Crippen LogP) is 1.96. The maximum atomic E-state index is 11.6. The van der Waals surface area contributed by atoms with E-state index in [4.69, 9.17) is 11.6 Å². The van der Waals surface area contributed by atoms with E-state index in [1.165, 1.54) is 0 Å². The first-order valence-corrected chi connectivity index (χ1v) is 9.04. The minimum absolute atomic E-state index is 0.150. The summed E-state index contributed by atoms with van der Waals surface area (Å²) in [6.07, 6.45) is 3.66. The van der Waals surface area contributed by atoms with E-state index in [-0.39, 0.29) is 17.5 Å². The Morgan fingerprint density at radius 1 is 1.35 bits per heavy atom. The van der Waals surface area contributed by atoms with Gasteiger partial charge in [-0.15, -0.1) is 11.6 Å². The highest BCUT2D eigenvalue weighted by Gasteiger charge is 2.27. The number of fused-ring (bicyclic) bond motifs is 1. The van der Waals surface area contributed by atoms with E-state index in [2.05, 4.69) is 14.5 Å². The van der Waals surface area contributed by atoms with E-state index in [0.29, 0.717) is 25.1 Å². The monoisotopic (exact) mass is 313 g/mol. The van der Waals surface area contributed by atoms with Crippen molar-refractivity contribution in [1.29, 1.82) is 0 Å². The smallest absolute Gasteiger partial charge is 0.160 e. The minimum Gasteiger partial charge on any atom is -0.309 e. The fourth-order valence-electron chi connectivity index (χ4n) is 2.76. The summed E-state index contributed by atoms with van der Waals surface area (Å²) in [5, 5.41) is 0. The zero-order chi connectivity index (χ0) is 14.2. The van der Waals surface area contributed by atoms with Gasteiger partial charge >= 0.3 is 0 Å². The van der Waals surface area contributed by atoms with Crippen molar-refractivity contribution < 1.29 is 8.42 Å². The van der Waals surface area contributed by atoms with Gasteiger partial charge in [0.05, 0.1) is 11.5 Å². The van der Waals surface area contributed by atoms with Crippen LogP contribution in [0.1, 0.15) is 24.7 Å². The summed E-state index contributed by atoms with van der Waals surface area (Å²) in [5.41, 5.74) is 1.68. The van der Waals surface area contributed by atoms with Crippen LogP contribution < -0.4 is 0 Å². The highest BCUT2D eigenvalue weighted by Crippen LogP contribution is 2.29. The van der Waals surface area contributed by atoms with Crippen LogP contribution in [0, 0.1) is 0 Å². The third-order valence-electron chi connectivity index (χ3n) is 3.73. The molecule has 0 radical (unpaired) electrons. The van der Waals surface area contributed by atoms with Gasteiger partial charge in [-0.2, -0.15) is 0 Å². The molecule has 1 aliphatic rings. The lowest BCUT2D eigenvalue weighted by molar-refractivity contribution is 0.445. The number of nitrogens with zero attached hydrogens (tertiary/aromatic N) is 3. The van der Waals surface area contributed by atoms with Gasteiger partial charge in [-0.25, -0.2) is 18.4 Å². The van der Waals surface area contributed by atoms with Crippen molar-refractivity contribution in [3.63, 3.8) is 0 Å². The van der Waals surface area contributed by atoms with Crippen LogP contribution in [-0.2, 0) is 16.3 Å². The molecule has 1 aliphatic heterocycles. The van der Waals surface area contributed by atoms with E-state index in [9.17, 15) is 8.42 Å². The normalized spacial score (nSPS) is 19.4. The molecule has 1 saturated heterocycles. The average molecular weight is 314 g/mol. The molecule has 1 fully saturated rings. The molecule has 5 nitrogen and oxygen atoms in total. The molecule has 0 unspecified atom stereocenters. The number of alkyl halides is 1. The number of sulfone groups is 1. The summed E-state index contributed by atoms with van der Waals surface area (Å²) in [4.78, 5) is 8.98. The van der Waals surface area contributed by atoms with Gasteiger partial charge < -0.3 is 4.57 Å². The molecule has 0 amide bonds. The Morgan fingerprint density at radius 3 is 2.80 bits per heavy atom. The summed E-state index contributed by atoms with van der Waals surface area (Å²) in [7, 11) is -2.87. The van der Waals surface area contributed by atoms with Crippen molar-refractivity contribution in [3.05, 3.63) is 24.2 Å². The number of halogens is 1. The van der Waals surface area contributed by atoms with Crippen LogP contribution in [0.25, 0.3) is 11.2 Å². The zero-order valence-electron chi connectivity index (χ0n) is 11.0. The Balaban J connectivity index is 2.03. The van der Waals surface area contributed by atoms with Crippen LogP contribution in [0.3, 0.4) is 0 Å². The number of imidazole rings is 1. The van der Waals surface area contributed by atoms with Gasteiger partial charge in [0.25, 0.3) is 0 Å². The quantitative estimate of drug-likeness (QED) is 0.813. The summed E-state index contributed by atoms with van der Waals surface area (Å²) in [6, 6.07) is 3.93. The predicted molar refractivity (Wildman–Crippen MR) is 78.9 cm³/mol. The molecule has 0 aliphatic carbocycles. The van der Waals surface area contributed by atoms with Crippen molar-refractivity contribution in [1.82, 2.24) is 14.5 Å². The van der Waals surface area contributed by atoms with Gasteiger partial charge in [0, 0.05) is 24.5 Å². The summed E-state index contributed by atoms with van der Waals surface area (Å²) < 4.78 is 25.2. The van der Waals surface area contributed by atoms with E-state index >= 15 is 0 Å². The van der Waals surface area contributed by atoms with Crippen molar-refractivity contribution in [2.75, 3.05) is 17.4 Å². The second-order valence-corrected chi connectivity index (χ2v) is 7.75. The van der Waals surface area contributed by atoms with E-state index in [1.54, 1.807) is 6.20 Å². The molecule has 108 valence electrons. The molecule has 3 heterocycles. The Hall–Kier alpha value is -1.14. The molecular formula is C13H16ClN3O2S. The third kappa shape index (κ3) is 2.54. The topological polar surface area (TPSA) is 64.8 Å². The van der Waals surface area contributed by atoms with Gasteiger partial charge in [0.15, 0.2) is 5.65 Å². The second kappa shape index (κ2) is 5.33. The fourth-order valence-corrected chi connectivity index (χ4v) is 4.39. The fraction of sp³-hybridized carbons (Fsp3) is 0.538. The zero-order valence-corrected chi connectivity index (χ0v) is 12.6. The van der Waals surface area contributed by atoms with Crippen LogP contribution in [0.15, 0.2) is 18.3 Å². The second-order valence-electron chi connectivity index (χ2n) is 5.07. The lowest BCUT2D eigenvalue weighted by atomic mass is 10.1. The number of aromatic nitrogens is 3. The number of pyridine rings is 1. The van der Waals surface area contributed by atoms with Crippen molar-refractivity contribution >= 4 is 32.6 Å². The Bertz CT molecular complexity index is 712. The molecule has 2 aromatic rings. The van der Waals surface area contributed by atoms with E-state index in [1.807, 2.05) is 12.1 Å². The minimum atomic E-state index is -2.87. The van der Waals surface area contributed by atoms with Gasteiger partial charge in [-0.3, -0.25) is 0 Å². The molecule has 0 N–H and O–H groups in total. The van der Waals surface area contributed by atoms with Gasteiger partial charge in [-0.1, -0.05) is 0 Å². The van der Waals surface area contributed by atoms with Crippen LogP contribution in [0.5, 0.6) is 0 Å². The number of rotatable bonds is 3.